The molecule has 5 heteroatoms. The Kier molecular flexibility index (Phi) is 3.83. The Bertz CT molecular complexity index is 453. The van der Waals surface area contributed by atoms with Gasteiger partial charge in [-0.15, -0.1) is 0 Å². The first kappa shape index (κ1) is 13.9. The van der Waals surface area contributed by atoms with Crippen LogP contribution in [-0.2, 0) is 0 Å². The van der Waals surface area contributed by atoms with Gasteiger partial charge in [0.05, 0.1) is 13.2 Å². The van der Waals surface area contributed by atoms with Crippen LogP contribution in [0.25, 0.3) is 0 Å². The van der Waals surface area contributed by atoms with Crippen LogP contribution in [0.5, 0.6) is 5.88 Å². The lowest BCUT2D eigenvalue weighted by molar-refractivity contribution is 0.0838. The standard InChI is InChI=1S/C14H22N2O3/c1-9-5-10(8-14(2,3)7-9)15-13(17)11-6-12(18-4)16-19-11/h6,9-10H,5,7-8H2,1-4H3,(H,15,17). The van der Waals surface area contributed by atoms with Crippen LogP contribution in [0.15, 0.2) is 10.6 Å². The van der Waals surface area contributed by atoms with Gasteiger partial charge in [0.25, 0.3) is 11.8 Å². The molecular weight excluding hydrogens is 244 g/mol. The predicted octanol–water partition coefficient (Wildman–Crippen LogP) is 2.63. The first-order valence-corrected chi connectivity index (χ1v) is 6.71. The minimum atomic E-state index is -0.217. The zero-order valence-corrected chi connectivity index (χ0v) is 12.0. The molecule has 1 fully saturated rings. The van der Waals surface area contributed by atoms with Gasteiger partial charge in [-0.25, -0.2) is 0 Å². The second-order valence-corrected chi connectivity index (χ2v) is 6.32. The van der Waals surface area contributed by atoms with Crippen molar-refractivity contribution in [3.63, 3.8) is 0 Å². The maximum Gasteiger partial charge on any atom is 0.290 e. The van der Waals surface area contributed by atoms with E-state index in [4.69, 9.17) is 9.26 Å². The maximum absolute atomic E-state index is 12.1. The molecule has 0 spiro atoms. The molecule has 0 aliphatic heterocycles. The average Bonchev–Trinajstić information content (AvgIpc) is 2.74. The molecular formula is C14H22N2O3. The number of hydrogen-bond donors (Lipinski definition) is 1. The summed E-state index contributed by atoms with van der Waals surface area (Å²) in [7, 11) is 1.49. The predicted molar refractivity (Wildman–Crippen MR) is 71.1 cm³/mol. The van der Waals surface area contributed by atoms with Gasteiger partial charge < -0.3 is 14.6 Å². The van der Waals surface area contributed by atoms with Crippen molar-refractivity contribution in [2.24, 2.45) is 11.3 Å². The Morgan fingerprint density at radius 3 is 2.84 bits per heavy atom. The lowest BCUT2D eigenvalue weighted by atomic mass is 9.70. The molecule has 106 valence electrons. The van der Waals surface area contributed by atoms with Gasteiger partial charge in [-0.1, -0.05) is 20.8 Å². The average molecular weight is 266 g/mol. The normalized spacial score (nSPS) is 25.9. The Labute approximate surface area is 113 Å². The van der Waals surface area contributed by atoms with Crippen LogP contribution in [0.3, 0.4) is 0 Å². The number of rotatable bonds is 3. The van der Waals surface area contributed by atoms with Crippen LogP contribution in [0.4, 0.5) is 0 Å². The van der Waals surface area contributed by atoms with E-state index in [2.05, 4.69) is 31.2 Å². The SMILES string of the molecule is COc1cc(C(=O)NC2CC(C)CC(C)(C)C2)on1. The van der Waals surface area contributed by atoms with E-state index >= 15 is 0 Å². The quantitative estimate of drug-likeness (QED) is 0.913. The summed E-state index contributed by atoms with van der Waals surface area (Å²) in [5.41, 5.74) is 0.273. The summed E-state index contributed by atoms with van der Waals surface area (Å²) >= 11 is 0. The summed E-state index contributed by atoms with van der Waals surface area (Å²) in [5.74, 6) is 0.930. The molecule has 1 heterocycles. The van der Waals surface area contributed by atoms with E-state index in [0.29, 0.717) is 11.8 Å². The van der Waals surface area contributed by atoms with E-state index in [-0.39, 0.29) is 23.1 Å². The largest absolute Gasteiger partial charge is 0.479 e. The van der Waals surface area contributed by atoms with Gasteiger partial charge in [-0.2, -0.15) is 0 Å². The fraction of sp³-hybridized carbons (Fsp3) is 0.714. The third kappa shape index (κ3) is 3.49. The van der Waals surface area contributed by atoms with E-state index in [9.17, 15) is 4.79 Å². The monoisotopic (exact) mass is 266 g/mol. The number of nitrogens with zero attached hydrogens (tertiary/aromatic N) is 1. The van der Waals surface area contributed by atoms with Crippen LogP contribution in [0.1, 0.15) is 50.6 Å². The van der Waals surface area contributed by atoms with Gasteiger partial charge in [-0.05, 0) is 35.8 Å². The number of carbonyl (C=O) groups is 1. The molecule has 1 aromatic heterocycles. The minimum absolute atomic E-state index is 0.197. The van der Waals surface area contributed by atoms with Crippen molar-refractivity contribution in [3.05, 3.63) is 11.8 Å². The van der Waals surface area contributed by atoms with E-state index in [1.54, 1.807) is 0 Å². The van der Waals surface area contributed by atoms with Crippen molar-refractivity contribution in [2.75, 3.05) is 7.11 Å². The highest BCUT2D eigenvalue weighted by molar-refractivity contribution is 5.91. The zero-order valence-electron chi connectivity index (χ0n) is 12.0. The van der Waals surface area contributed by atoms with Crippen molar-refractivity contribution in [1.29, 1.82) is 0 Å². The van der Waals surface area contributed by atoms with Gasteiger partial charge in [0, 0.05) is 6.04 Å². The second kappa shape index (κ2) is 5.23. The number of methoxy groups -OCH3 is 1. The smallest absolute Gasteiger partial charge is 0.290 e. The molecule has 1 aliphatic rings. The topological polar surface area (TPSA) is 64.4 Å². The number of aromatic nitrogens is 1. The highest BCUT2D eigenvalue weighted by Crippen LogP contribution is 2.38. The third-order valence-electron chi connectivity index (χ3n) is 3.64. The molecule has 0 radical (unpaired) electrons. The lowest BCUT2D eigenvalue weighted by Crippen LogP contribution is -2.42. The lowest BCUT2D eigenvalue weighted by Gasteiger charge is -2.39. The first-order chi connectivity index (χ1) is 8.89. The number of hydrogen-bond acceptors (Lipinski definition) is 4. The Morgan fingerprint density at radius 1 is 1.53 bits per heavy atom. The summed E-state index contributed by atoms with van der Waals surface area (Å²) in [6.07, 6.45) is 3.21. The molecule has 0 saturated heterocycles. The molecule has 1 saturated carbocycles. The van der Waals surface area contributed by atoms with Crippen LogP contribution >= 0.6 is 0 Å². The Hall–Kier alpha value is -1.52. The molecule has 2 rings (SSSR count). The molecule has 5 nitrogen and oxygen atoms in total. The van der Waals surface area contributed by atoms with Crippen LogP contribution in [-0.4, -0.2) is 24.2 Å². The molecule has 1 aromatic rings. The van der Waals surface area contributed by atoms with Gasteiger partial charge in [0.2, 0.25) is 5.76 Å². The van der Waals surface area contributed by atoms with Crippen molar-refractivity contribution >= 4 is 5.91 Å². The van der Waals surface area contributed by atoms with E-state index in [0.717, 1.165) is 12.8 Å². The molecule has 0 aromatic carbocycles. The van der Waals surface area contributed by atoms with Crippen molar-refractivity contribution in [1.82, 2.24) is 10.5 Å². The van der Waals surface area contributed by atoms with Gasteiger partial charge in [0.15, 0.2) is 0 Å². The Morgan fingerprint density at radius 2 is 2.26 bits per heavy atom. The second-order valence-electron chi connectivity index (χ2n) is 6.32. The molecule has 1 amide bonds. The highest BCUT2D eigenvalue weighted by atomic mass is 16.5. The van der Waals surface area contributed by atoms with E-state index in [1.807, 2.05) is 0 Å². The molecule has 2 unspecified atom stereocenters. The summed E-state index contributed by atoms with van der Waals surface area (Å²) in [6, 6.07) is 1.70. The summed E-state index contributed by atoms with van der Waals surface area (Å²) < 4.78 is 9.85. The number of amides is 1. The molecule has 2 atom stereocenters. The Balaban J connectivity index is 1.98. The summed E-state index contributed by atoms with van der Waals surface area (Å²) in [6.45, 7) is 6.73. The first-order valence-electron chi connectivity index (χ1n) is 6.71. The summed E-state index contributed by atoms with van der Waals surface area (Å²) in [5, 5.41) is 6.66. The summed E-state index contributed by atoms with van der Waals surface area (Å²) in [4.78, 5) is 12.1. The van der Waals surface area contributed by atoms with Crippen molar-refractivity contribution in [3.8, 4) is 5.88 Å². The van der Waals surface area contributed by atoms with Crippen LogP contribution < -0.4 is 10.1 Å². The molecule has 0 bridgehead atoms. The molecule has 1 aliphatic carbocycles. The van der Waals surface area contributed by atoms with Crippen LogP contribution in [0.2, 0.25) is 0 Å². The fourth-order valence-corrected chi connectivity index (χ4v) is 3.17. The number of carbonyl (C=O) groups excluding carboxylic acids is 1. The third-order valence-corrected chi connectivity index (χ3v) is 3.64. The minimum Gasteiger partial charge on any atom is -0.479 e. The molecule has 1 N–H and O–H groups in total. The van der Waals surface area contributed by atoms with E-state index in [1.165, 1.54) is 19.6 Å². The van der Waals surface area contributed by atoms with Crippen molar-refractivity contribution < 1.29 is 14.1 Å². The maximum atomic E-state index is 12.1. The van der Waals surface area contributed by atoms with Gasteiger partial charge in [-0.3, -0.25) is 4.79 Å². The van der Waals surface area contributed by atoms with E-state index < -0.39 is 0 Å². The zero-order chi connectivity index (χ0) is 14.0. The number of nitrogens with one attached hydrogen (secondary N) is 1. The molecule has 19 heavy (non-hydrogen) atoms. The fourth-order valence-electron chi connectivity index (χ4n) is 3.17. The van der Waals surface area contributed by atoms with Gasteiger partial charge in [0.1, 0.15) is 0 Å². The number of ether oxygens (including phenoxy) is 1. The van der Waals surface area contributed by atoms with Crippen LogP contribution in [0, 0.1) is 11.3 Å². The highest BCUT2D eigenvalue weighted by Gasteiger charge is 2.33. The van der Waals surface area contributed by atoms with Crippen molar-refractivity contribution in [2.45, 2.75) is 46.1 Å². The van der Waals surface area contributed by atoms with Gasteiger partial charge >= 0.3 is 0 Å².